The van der Waals surface area contributed by atoms with Gasteiger partial charge in [-0.15, -0.1) is 0 Å². The molecule has 0 aliphatic rings. The average Bonchev–Trinajstić information content (AvgIpc) is 2.54. The first-order valence-corrected chi connectivity index (χ1v) is 9.24. The number of rotatable bonds is 8. The summed E-state index contributed by atoms with van der Waals surface area (Å²) in [6.07, 6.45) is 1.21. The maximum absolute atomic E-state index is 12.3. The molecular weight excluding hydrogens is 313 g/mol. The lowest BCUT2D eigenvalue weighted by atomic mass is 10.1. The number of hydrogen-bond acceptors (Lipinski definition) is 2. The molecule has 6 heteroatoms. The monoisotopic (exact) mass is 333 g/mol. The van der Waals surface area contributed by atoms with E-state index in [0.717, 1.165) is 5.56 Å². The predicted octanol–water partition coefficient (Wildman–Crippen LogP) is 3.22. The second-order valence-corrected chi connectivity index (χ2v) is 7.43. The lowest BCUT2D eigenvalue weighted by Crippen LogP contribution is -2.27. The highest BCUT2D eigenvalue weighted by Crippen LogP contribution is 2.39. The van der Waals surface area contributed by atoms with E-state index in [1.807, 2.05) is 30.3 Å². The van der Waals surface area contributed by atoms with Crippen LogP contribution in [0.4, 0.5) is 0 Å². The molecule has 0 saturated carbocycles. The molecule has 0 saturated heterocycles. The van der Waals surface area contributed by atoms with E-state index in [9.17, 15) is 19.4 Å². The van der Waals surface area contributed by atoms with Crippen molar-refractivity contribution in [3.05, 3.63) is 71.8 Å². The van der Waals surface area contributed by atoms with Gasteiger partial charge in [-0.1, -0.05) is 60.7 Å². The van der Waals surface area contributed by atoms with Gasteiger partial charge in [0.25, 0.3) is 7.52 Å². The van der Waals surface area contributed by atoms with Crippen molar-refractivity contribution in [2.24, 2.45) is 0 Å². The largest absolute Gasteiger partial charge is 0.480 e. The van der Waals surface area contributed by atoms with E-state index in [2.05, 4.69) is 5.09 Å². The van der Waals surface area contributed by atoms with Crippen molar-refractivity contribution in [1.29, 1.82) is 0 Å². The molecule has 0 amide bonds. The van der Waals surface area contributed by atoms with Crippen molar-refractivity contribution >= 4 is 13.5 Å². The third-order valence-electron chi connectivity index (χ3n) is 3.48. The minimum Gasteiger partial charge on any atom is -0.480 e. The Labute approximate surface area is 135 Å². The molecular formula is C17H20NO4P. The Morgan fingerprint density at radius 2 is 1.61 bits per heavy atom. The van der Waals surface area contributed by atoms with Crippen molar-refractivity contribution < 1.29 is 19.4 Å². The molecule has 0 aliphatic heterocycles. The van der Waals surface area contributed by atoms with Gasteiger partial charge in [0, 0.05) is 6.16 Å². The molecule has 2 unspecified atom stereocenters. The minimum atomic E-state index is -3.74. The molecule has 0 spiro atoms. The number of carboxylic acids is 1. The molecule has 0 aliphatic carbocycles. The Balaban J connectivity index is 1.95. The Morgan fingerprint density at radius 3 is 2.17 bits per heavy atom. The molecule has 2 aromatic carbocycles. The van der Waals surface area contributed by atoms with Crippen LogP contribution >= 0.6 is 7.52 Å². The van der Waals surface area contributed by atoms with Crippen LogP contribution in [0.2, 0.25) is 0 Å². The molecule has 0 radical (unpaired) electrons. The second-order valence-electron chi connectivity index (χ2n) is 5.33. The molecule has 0 heterocycles. The van der Waals surface area contributed by atoms with Crippen LogP contribution in [0.15, 0.2) is 60.7 Å². The van der Waals surface area contributed by atoms with E-state index >= 15 is 0 Å². The van der Waals surface area contributed by atoms with Gasteiger partial charge >= 0.3 is 5.97 Å². The number of carboxylic acid groups (broad SMARTS) is 1. The SMILES string of the molecule is O=C(O)C(NP(=O)(O)CCCc1ccccc1)c1ccccc1. The van der Waals surface area contributed by atoms with Gasteiger partial charge in [0.1, 0.15) is 6.04 Å². The molecule has 3 N–H and O–H groups in total. The summed E-state index contributed by atoms with van der Waals surface area (Å²) in [5.74, 6) is -1.17. The van der Waals surface area contributed by atoms with E-state index in [4.69, 9.17) is 0 Å². The van der Waals surface area contributed by atoms with Crippen molar-refractivity contribution in [2.45, 2.75) is 18.9 Å². The summed E-state index contributed by atoms with van der Waals surface area (Å²) in [6, 6.07) is 16.9. The third kappa shape index (κ3) is 5.64. The molecule has 23 heavy (non-hydrogen) atoms. The van der Waals surface area contributed by atoms with Gasteiger partial charge in [0.2, 0.25) is 0 Å². The maximum atomic E-state index is 12.3. The topological polar surface area (TPSA) is 86.6 Å². The van der Waals surface area contributed by atoms with Crippen molar-refractivity contribution in [2.75, 3.05) is 6.16 Å². The summed E-state index contributed by atoms with van der Waals surface area (Å²) in [4.78, 5) is 21.4. The van der Waals surface area contributed by atoms with Gasteiger partial charge in [-0.3, -0.25) is 9.36 Å². The first-order valence-electron chi connectivity index (χ1n) is 7.39. The van der Waals surface area contributed by atoms with Crippen molar-refractivity contribution in [3.63, 3.8) is 0 Å². The van der Waals surface area contributed by atoms with E-state index in [1.165, 1.54) is 0 Å². The first kappa shape index (κ1) is 17.4. The molecule has 0 aromatic heterocycles. The molecule has 122 valence electrons. The average molecular weight is 333 g/mol. The lowest BCUT2D eigenvalue weighted by Gasteiger charge is -2.19. The van der Waals surface area contributed by atoms with Crippen LogP contribution in [-0.4, -0.2) is 22.1 Å². The molecule has 0 bridgehead atoms. The third-order valence-corrected chi connectivity index (χ3v) is 5.06. The van der Waals surface area contributed by atoms with Crippen molar-refractivity contribution in [3.8, 4) is 0 Å². The maximum Gasteiger partial charge on any atom is 0.325 e. The fraction of sp³-hybridized carbons (Fsp3) is 0.235. The Hall–Kier alpha value is -1.94. The highest BCUT2D eigenvalue weighted by atomic mass is 31.2. The van der Waals surface area contributed by atoms with E-state index in [1.54, 1.807) is 30.3 Å². The van der Waals surface area contributed by atoms with E-state index < -0.39 is 19.5 Å². The fourth-order valence-electron chi connectivity index (χ4n) is 2.33. The molecule has 2 aromatic rings. The minimum absolute atomic E-state index is 0.0263. The van der Waals surface area contributed by atoms with Crippen LogP contribution in [0.1, 0.15) is 23.6 Å². The summed E-state index contributed by atoms with van der Waals surface area (Å²) >= 11 is 0. The Morgan fingerprint density at radius 1 is 1.04 bits per heavy atom. The van der Waals surface area contributed by atoms with E-state index in [0.29, 0.717) is 18.4 Å². The zero-order chi connectivity index (χ0) is 16.7. The van der Waals surface area contributed by atoms with Gasteiger partial charge in [0.05, 0.1) is 0 Å². The smallest absolute Gasteiger partial charge is 0.325 e. The van der Waals surface area contributed by atoms with Gasteiger partial charge < -0.3 is 10.00 Å². The van der Waals surface area contributed by atoms with Gasteiger partial charge in [-0.2, -0.15) is 0 Å². The fourth-order valence-corrected chi connectivity index (χ4v) is 3.71. The molecule has 5 nitrogen and oxygen atoms in total. The Bertz CT molecular complexity index is 676. The summed E-state index contributed by atoms with van der Waals surface area (Å²) in [5, 5.41) is 11.7. The second kappa shape index (κ2) is 8.06. The highest BCUT2D eigenvalue weighted by molar-refractivity contribution is 7.55. The quantitative estimate of drug-likeness (QED) is 0.646. The number of nitrogens with one attached hydrogen (secondary N) is 1. The van der Waals surface area contributed by atoms with Crippen LogP contribution in [0, 0.1) is 0 Å². The first-order chi connectivity index (χ1) is 11.0. The van der Waals surface area contributed by atoms with Crippen LogP contribution < -0.4 is 5.09 Å². The number of carbonyl (C=O) groups is 1. The van der Waals surface area contributed by atoms with Gasteiger partial charge in [-0.05, 0) is 24.0 Å². The zero-order valence-corrected chi connectivity index (χ0v) is 13.5. The van der Waals surface area contributed by atoms with Crippen LogP contribution in [0.3, 0.4) is 0 Å². The van der Waals surface area contributed by atoms with Crippen molar-refractivity contribution in [1.82, 2.24) is 5.09 Å². The van der Waals surface area contributed by atoms with Gasteiger partial charge in [0.15, 0.2) is 0 Å². The normalized spacial score (nSPS) is 14.8. The Kier molecular flexibility index (Phi) is 6.11. The summed E-state index contributed by atoms with van der Waals surface area (Å²) < 4.78 is 12.3. The predicted molar refractivity (Wildman–Crippen MR) is 89.4 cm³/mol. The van der Waals surface area contributed by atoms with Crippen LogP contribution in [0.25, 0.3) is 0 Å². The van der Waals surface area contributed by atoms with Gasteiger partial charge in [-0.25, -0.2) is 5.09 Å². The number of aliphatic carboxylic acids is 1. The molecule has 2 rings (SSSR count). The van der Waals surface area contributed by atoms with E-state index in [-0.39, 0.29) is 6.16 Å². The summed E-state index contributed by atoms with van der Waals surface area (Å²) in [5.41, 5.74) is 1.54. The van der Waals surface area contributed by atoms with Crippen LogP contribution in [0.5, 0.6) is 0 Å². The molecule has 0 fully saturated rings. The standard InChI is InChI=1S/C17H20NO4P/c19-17(20)16(15-11-5-2-6-12-15)18-23(21,22)13-7-10-14-8-3-1-4-9-14/h1-6,8-9,11-12,16H,7,10,13H2,(H,19,20)(H2,18,21,22). The zero-order valence-electron chi connectivity index (χ0n) is 12.6. The number of benzene rings is 2. The summed E-state index contributed by atoms with van der Waals surface area (Å²) in [7, 11) is -3.74. The highest BCUT2D eigenvalue weighted by Gasteiger charge is 2.28. The lowest BCUT2D eigenvalue weighted by molar-refractivity contribution is -0.139. The number of hydrogen-bond donors (Lipinski definition) is 3. The van der Waals surface area contributed by atoms with Crippen LogP contribution in [-0.2, 0) is 15.8 Å². The number of aryl methyl sites for hydroxylation is 1. The summed E-state index contributed by atoms with van der Waals surface area (Å²) in [6.45, 7) is 0. The molecule has 2 atom stereocenters.